The lowest BCUT2D eigenvalue weighted by molar-refractivity contribution is -0.180. The number of para-hydroxylation sites is 1. The summed E-state index contributed by atoms with van der Waals surface area (Å²) in [6.45, 7) is 26.4. The summed E-state index contributed by atoms with van der Waals surface area (Å²) >= 11 is 0. The zero-order valence-corrected chi connectivity index (χ0v) is 36.0. The molecule has 7 nitrogen and oxygen atoms in total. The van der Waals surface area contributed by atoms with Gasteiger partial charge in [0.15, 0.2) is 24.2 Å². The van der Waals surface area contributed by atoms with E-state index in [0.29, 0.717) is 31.4 Å². The molecule has 1 heterocycles. The van der Waals surface area contributed by atoms with Crippen molar-refractivity contribution in [2.75, 3.05) is 0 Å². The molecule has 0 amide bonds. The Morgan fingerprint density at radius 2 is 1.69 bits per heavy atom. The van der Waals surface area contributed by atoms with Crippen LogP contribution in [-0.2, 0) is 27.9 Å². The SMILES string of the molecule is CCCCC(Oc1ccccc1)C(=O)O[C@H]1C[C@H](C(C)(C)C)C=C2C=C[C@H](C)[C@](CC[C@@H]3C[C@H](C(C)(C)C)C(O[SiH](C)C)C(=O)O3)(O[SiH](C)C)[C@H]21. The van der Waals surface area contributed by atoms with Gasteiger partial charge in [0.2, 0.25) is 0 Å². The molecule has 0 saturated carbocycles. The Morgan fingerprint density at radius 3 is 2.27 bits per heavy atom. The highest BCUT2D eigenvalue weighted by molar-refractivity contribution is 6.49. The van der Waals surface area contributed by atoms with Crippen LogP contribution in [0.25, 0.3) is 0 Å². The van der Waals surface area contributed by atoms with Crippen molar-refractivity contribution in [3.63, 3.8) is 0 Å². The van der Waals surface area contributed by atoms with E-state index >= 15 is 0 Å². The quantitative estimate of drug-likeness (QED) is 0.139. The zero-order valence-electron chi connectivity index (χ0n) is 33.7. The van der Waals surface area contributed by atoms with E-state index < -0.39 is 42.0 Å². The van der Waals surface area contributed by atoms with Crippen LogP contribution in [-0.4, -0.2) is 60.0 Å². The summed E-state index contributed by atoms with van der Waals surface area (Å²) < 4.78 is 32.8. The van der Waals surface area contributed by atoms with Crippen molar-refractivity contribution in [2.24, 2.45) is 34.5 Å². The molecule has 286 valence electrons. The summed E-state index contributed by atoms with van der Waals surface area (Å²) in [4.78, 5) is 27.8. The van der Waals surface area contributed by atoms with Crippen molar-refractivity contribution in [3.05, 3.63) is 54.1 Å². The number of esters is 2. The van der Waals surface area contributed by atoms with Gasteiger partial charge in [-0.25, -0.2) is 9.59 Å². The predicted molar refractivity (Wildman–Crippen MR) is 211 cm³/mol. The van der Waals surface area contributed by atoms with Gasteiger partial charge < -0.3 is 23.1 Å². The largest absolute Gasteiger partial charge is 0.479 e. The van der Waals surface area contributed by atoms with Crippen LogP contribution in [0.2, 0.25) is 26.2 Å². The first-order chi connectivity index (χ1) is 23.9. The fourth-order valence-corrected chi connectivity index (χ4v) is 10.7. The number of cyclic esters (lactones) is 1. The third-order valence-electron chi connectivity index (χ3n) is 11.2. The van der Waals surface area contributed by atoms with Gasteiger partial charge >= 0.3 is 11.9 Å². The summed E-state index contributed by atoms with van der Waals surface area (Å²) in [5, 5.41) is 0. The zero-order chi connectivity index (χ0) is 37.7. The van der Waals surface area contributed by atoms with Gasteiger partial charge in [-0.05, 0) is 99.2 Å². The number of carbonyl (C=O) groups excluding carboxylic acids is 2. The van der Waals surface area contributed by atoms with Crippen molar-refractivity contribution < 1.29 is 32.7 Å². The highest BCUT2D eigenvalue weighted by Gasteiger charge is 2.55. The lowest BCUT2D eigenvalue weighted by atomic mass is 9.59. The van der Waals surface area contributed by atoms with Crippen molar-refractivity contribution in [3.8, 4) is 5.75 Å². The van der Waals surface area contributed by atoms with Crippen LogP contribution in [0.15, 0.2) is 54.1 Å². The molecule has 1 aromatic rings. The number of hydrogen-bond acceptors (Lipinski definition) is 7. The summed E-state index contributed by atoms with van der Waals surface area (Å²) in [6, 6.07) is 9.58. The van der Waals surface area contributed by atoms with Gasteiger partial charge in [0.05, 0.1) is 5.60 Å². The van der Waals surface area contributed by atoms with E-state index in [-0.39, 0.29) is 52.5 Å². The maximum Gasteiger partial charge on any atom is 0.347 e. The minimum absolute atomic E-state index is 0.0201. The Hall–Kier alpha value is -2.21. The Kier molecular flexibility index (Phi) is 14.1. The van der Waals surface area contributed by atoms with Crippen molar-refractivity contribution in [1.82, 2.24) is 0 Å². The smallest absolute Gasteiger partial charge is 0.347 e. The van der Waals surface area contributed by atoms with Gasteiger partial charge in [-0.1, -0.05) is 98.2 Å². The molecule has 1 saturated heterocycles. The normalized spacial score (nSPS) is 30.4. The standard InChI is InChI=1S/C42H68O7Si2/c1-13-14-20-34(45-31-18-16-15-17-19-31)38(43)47-35-26-30(40(3,4)5)25-29-22-21-28(2)42(36(29)35,49-51(11)12)24-23-32-27-33(41(6,7)8)37(39(44)46-32)48-50(9)10/h15-19,21-22,25,28,30,32-37,50-51H,13-14,20,23-24,26-27H2,1-12H3/t28-,30+,32+,33-,34?,35-,36+,37?,42-/m0/s1. The second-order valence-corrected chi connectivity index (χ2v) is 22.8. The van der Waals surface area contributed by atoms with E-state index in [1.54, 1.807) is 0 Å². The van der Waals surface area contributed by atoms with Gasteiger partial charge in [0.25, 0.3) is 0 Å². The molecule has 9 atom stereocenters. The van der Waals surface area contributed by atoms with E-state index in [1.165, 1.54) is 5.57 Å². The Balaban J connectivity index is 1.70. The fraction of sp³-hybridized carbons (Fsp3) is 0.714. The molecular formula is C42H68O7Si2. The molecule has 1 aromatic carbocycles. The van der Waals surface area contributed by atoms with Crippen LogP contribution >= 0.6 is 0 Å². The first kappa shape index (κ1) is 41.5. The predicted octanol–water partition coefficient (Wildman–Crippen LogP) is 9.22. The molecule has 3 aliphatic rings. The van der Waals surface area contributed by atoms with Crippen molar-refractivity contribution in [1.29, 1.82) is 0 Å². The van der Waals surface area contributed by atoms with Crippen LogP contribution in [0.1, 0.15) is 100 Å². The van der Waals surface area contributed by atoms with E-state index in [0.717, 1.165) is 19.3 Å². The van der Waals surface area contributed by atoms with Crippen LogP contribution in [0.3, 0.4) is 0 Å². The molecule has 1 aliphatic heterocycles. The molecule has 0 N–H and O–H groups in total. The van der Waals surface area contributed by atoms with Gasteiger partial charge in [0.1, 0.15) is 24.1 Å². The highest BCUT2D eigenvalue weighted by atomic mass is 28.3. The first-order valence-corrected chi connectivity index (χ1v) is 25.3. The number of unbranched alkanes of at least 4 members (excludes halogenated alkanes) is 1. The third-order valence-corrected chi connectivity index (χ3v) is 13.0. The number of allylic oxidation sites excluding steroid dienone is 2. The number of rotatable bonds is 14. The second-order valence-electron chi connectivity index (χ2n) is 18.1. The average Bonchev–Trinajstić information content (AvgIpc) is 3.03. The third kappa shape index (κ3) is 10.5. The molecule has 2 aliphatic carbocycles. The molecule has 2 unspecified atom stereocenters. The second kappa shape index (κ2) is 17.3. The van der Waals surface area contributed by atoms with E-state index in [9.17, 15) is 9.59 Å². The molecule has 0 radical (unpaired) electrons. The summed E-state index contributed by atoms with van der Waals surface area (Å²) in [5.41, 5.74) is 0.440. The van der Waals surface area contributed by atoms with Crippen LogP contribution < -0.4 is 4.74 Å². The van der Waals surface area contributed by atoms with Gasteiger partial charge in [-0.2, -0.15) is 0 Å². The number of fused-ring (bicyclic) bond motifs is 1. The summed E-state index contributed by atoms with van der Waals surface area (Å²) in [6.07, 6.45) is 10.4. The number of hydrogen-bond donors (Lipinski definition) is 0. The Bertz CT molecular complexity index is 1360. The van der Waals surface area contributed by atoms with E-state index in [2.05, 4.69) is 99.8 Å². The molecule has 0 bridgehead atoms. The summed E-state index contributed by atoms with van der Waals surface area (Å²) in [5.74, 6) is 0.327. The van der Waals surface area contributed by atoms with Crippen LogP contribution in [0.5, 0.6) is 5.75 Å². The van der Waals surface area contributed by atoms with Crippen LogP contribution in [0.4, 0.5) is 0 Å². The van der Waals surface area contributed by atoms with Gasteiger partial charge in [-0.15, -0.1) is 0 Å². The lowest BCUT2D eigenvalue weighted by Crippen LogP contribution is -2.58. The molecule has 1 fully saturated rings. The average molecular weight is 741 g/mol. The Morgan fingerprint density at radius 1 is 1.00 bits per heavy atom. The molecule has 9 heteroatoms. The highest BCUT2D eigenvalue weighted by Crippen LogP contribution is 2.53. The van der Waals surface area contributed by atoms with Gasteiger partial charge in [-0.3, -0.25) is 0 Å². The maximum atomic E-state index is 14.3. The lowest BCUT2D eigenvalue weighted by Gasteiger charge is -2.54. The first-order valence-electron chi connectivity index (χ1n) is 19.7. The number of benzene rings is 1. The molecule has 51 heavy (non-hydrogen) atoms. The maximum absolute atomic E-state index is 14.3. The minimum Gasteiger partial charge on any atom is -0.479 e. The molecular weight excluding hydrogens is 673 g/mol. The van der Waals surface area contributed by atoms with E-state index in [1.807, 2.05) is 30.3 Å². The topological polar surface area (TPSA) is 80.3 Å². The minimum atomic E-state index is -1.61. The van der Waals surface area contributed by atoms with E-state index in [4.69, 9.17) is 23.1 Å². The van der Waals surface area contributed by atoms with Crippen molar-refractivity contribution in [2.45, 2.75) is 157 Å². The van der Waals surface area contributed by atoms with Gasteiger partial charge in [0, 0.05) is 17.8 Å². The number of ether oxygens (including phenoxy) is 3. The fourth-order valence-electron chi connectivity index (χ4n) is 8.41. The molecule has 0 aromatic heterocycles. The summed E-state index contributed by atoms with van der Waals surface area (Å²) in [7, 11) is -3.07. The number of carbonyl (C=O) groups is 2. The molecule has 4 rings (SSSR count). The van der Waals surface area contributed by atoms with Crippen molar-refractivity contribution >= 4 is 30.0 Å². The Labute approximate surface area is 312 Å². The monoisotopic (exact) mass is 740 g/mol. The molecule has 0 spiro atoms. The van der Waals surface area contributed by atoms with Crippen LogP contribution in [0, 0.1) is 34.5 Å².